The van der Waals surface area contributed by atoms with Gasteiger partial charge >= 0.3 is 0 Å². The van der Waals surface area contributed by atoms with Gasteiger partial charge in [-0.15, -0.1) is 0 Å². The molecule has 0 saturated heterocycles. The molecule has 0 amide bonds. The number of nitrogens with zero attached hydrogens (tertiary/aromatic N) is 4. The lowest BCUT2D eigenvalue weighted by atomic mass is 10.3. The zero-order chi connectivity index (χ0) is 12.5. The van der Waals surface area contributed by atoms with E-state index in [1.807, 2.05) is 4.57 Å². The minimum Gasteiger partial charge on any atom is -0.382 e. The van der Waals surface area contributed by atoms with Gasteiger partial charge in [0.25, 0.3) is 0 Å². The van der Waals surface area contributed by atoms with Crippen LogP contribution in [0.2, 0.25) is 0 Å². The Kier molecular flexibility index (Phi) is 2.71. The van der Waals surface area contributed by atoms with Crippen molar-refractivity contribution in [1.82, 2.24) is 24.8 Å². The van der Waals surface area contributed by atoms with Crippen molar-refractivity contribution in [2.45, 2.75) is 25.4 Å². The summed E-state index contributed by atoms with van der Waals surface area (Å²) in [4.78, 5) is 12.4. The number of nitrogens with two attached hydrogens (primary N) is 1. The van der Waals surface area contributed by atoms with Gasteiger partial charge in [0.1, 0.15) is 11.8 Å². The van der Waals surface area contributed by atoms with Crippen LogP contribution in [0.4, 0.5) is 5.82 Å². The van der Waals surface area contributed by atoms with Gasteiger partial charge in [0, 0.05) is 19.1 Å². The van der Waals surface area contributed by atoms with E-state index < -0.39 is 0 Å². The second kappa shape index (κ2) is 4.38. The van der Waals surface area contributed by atoms with E-state index >= 15 is 0 Å². The normalized spacial score (nSPS) is 15.1. The van der Waals surface area contributed by atoms with Gasteiger partial charge < -0.3 is 15.6 Å². The van der Waals surface area contributed by atoms with Gasteiger partial charge in [0.2, 0.25) is 0 Å². The van der Waals surface area contributed by atoms with Crippen LogP contribution in [0.15, 0.2) is 24.8 Å². The molecule has 6 nitrogen and oxygen atoms in total. The molecular formula is C12H16N6. The molecule has 1 aliphatic rings. The van der Waals surface area contributed by atoms with E-state index in [2.05, 4.69) is 26.8 Å². The number of nitrogens with one attached hydrogen (secondary N) is 1. The largest absolute Gasteiger partial charge is 0.382 e. The first-order valence-electron chi connectivity index (χ1n) is 6.05. The van der Waals surface area contributed by atoms with Crippen LogP contribution in [0.5, 0.6) is 0 Å². The number of imidazole rings is 1. The average Bonchev–Trinajstić information content (AvgIpc) is 3.10. The van der Waals surface area contributed by atoms with E-state index in [1.54, 1.807) is 6.33 Å². The van der Waals surface area contributed by atoms with Crippen molar-refractivity contribution in [3.8, 4) is 0 Å². The first-order valence-corrected chi connectivity index (χ1v) is 6.05. The molecule has 0 bridgehead atoms. The monoisotopic (exact) mass is 244 g/mol. The molecule has 0 aromatic carbocycles. The minimum atomic E-state index is 0.417. The molecule has 2 aromatic heterocycles. The topological polar surface area (TPSA) is 81.7 Å². The van der Waals surface area contributed by atoms with Crippen LogP contribution >= 0.6 is 0 Å². The maximum absolute atomic E-state index is 5.75. The highest BCUT2D eigenvalue weighted by Crippen LogP contribution is 2.19. The third-order valence-corrected chi connectivity index (χ3v) is 3.04. The highest BCUT2D eigenvalue weighted by molar-refractivity contribution is 5.81. The number of hydrogen-bond acceptors (Lipinski definition) is 5. The van der Waals surface area contributed by atoms with Crippen LogP contribution in [0.25, 0.3) is 11.2 Å². The fourth-order valence-corrected chi connectivity index (χ4v) is 1.89. The molecule has 0 unspecified atom stereocenters. The third-order valence-electron chi connectivity index (χ3n) is 3.04. The standard InChI is InChI=1S/C12H16N6/c1-8(4-14-9-2-3-9)5-18-7-17-10-11(13)15-6-16-12(10)18/h6-7,9,14H,1-5H2,(H2,13,15,16). The van der Waals surface area contributed by atoms with E-state index in [1.165, 1.54) is 19.2 Å². The SMILES string of the molecule is C=C(CNC1CC1)Cn1cnc2c(N)ncnc21. The van der Waals surface area contributed by atoms with E-state index in [-0.39, 0.29) is 0 Å². The van der Waals surface area contributed by atoms with Crippen LogP contribution in [-0.2, 0) is 6.54 Å². The number of anilines is 1. The highest BCUT2D eigenvalue weighted by Gasteiger charge is 2.20. The molecule has 0 radical (unpaired) electrons. The lowest BCUT2D eigenvalue weighted by Gasteiger charge is -2.08. The molecule has 94 valence electrons. The van der Waals surface area contributed by atoms with Crippen molar-refractivity contribution in [3.05, 3.63) is 24.8 Å². The van der Waals surface area contributed by atoms with E-state index in [4.69, 9.17) is 5.73 Å². The van der Waals surface area contributed by atoms with Crippen LogP contribution in [0.1, 0.15) is 12.8 Å². The Morgan fingerprint density at radius 3 is 3.06 bits per heavy atom. The Labute approximate surface area is 105 Å². The first-order chi connectivity index (χ1) is 8.74. The van der Waals surface area contributed by atoms with E-state index in [0.29, 0.717) is 23.9 Å². The number of aromatic nitrogens is 4. The number of nitrogen functional groups attached to an aromatic ring is 1. The summed E-state index contributed by atoms with van der Waals surface area (Å²) in [5, 5.41) is 3.44. The molecule has 2 heterocycles. The molecule has 0 aliphatic heterocycles. The zero-order valence-electron chi connectivity index (χ0n) is 10.1. The Morgan fingerprint density at radius 1 is 1.44 bits per heavy atom. The van der Waals surface area contributed by atoms with Gasteiger partial charge in [0.05, 0.1) is 6.33 Å². The minimum absolute atomic E-state index is 0.417. The summed E-state index contributed by atoms with van der Waals surface area (Å²) >= 11 is 0. The molecule has 1 saturated carbocycles. The third kappa shape index (κ3) is 2.19. The molecule has 2 aromatic rings. The molecule has 0 atom stereocenters. The molecule has 3 rings (SSSR count). The van der Waals surface area contributed by atoms with Crippen LogP contribution in [0.3, 0.4) is 0 Å². The molecule has 1 aliphatic carbocycles. The maximum atomic E-state index is 5.75. The Hall–Kier alpha value is -1.95. The average molecular weight is 244 g/mol. The van der Waals surface area contributed by atoms with Crippen molar-refractivity contribution >= 4 is 17.0 Å². The summed E-state index contributed by atoms with van der Waals surface area (Å²) < 4.78 is 1.95. The van der Waals surface area contributed by atoms with Crippen molar-refractivity contribution in [2.24, 2.45) is 0 Å². The molecular weight excluding hydrogens is 228 g/mol. The van der Waals surface area contributed by atoms with Gasteiger partial charge in [-0.2, -0.15) is 0 Å². The second-order valence-electron chi connectivity index (χ2n) is 4.71. The quantitative estimate of drug-likeness (QED) is 0.757. The van der Waals surface area contributed by atoms with Crippen LogP contribution in [0, 0.1) is 0 Å². The fourth-order valence-electron chi connectivity index (χ4n) is 1.89. The Balaban J connectivity index is 1.73. The summed E-state index contributed by atoms with van der Waals surface area (Å²) in [6, 6.07) is 0.694. The molecule has 6 heteroatoms. The van der Waals surface area contributed by atoms with Gasteiger partial charge in [0.15, 0.2) is 11.5 Å². The smallest absolute Gasteiger partial charge is 0.165 e. The summed E-state index contributed by atoms with van der Waals surface area (Å²) in [6.07, 6.45) is 5.76. The zero-order valence-corrected chi connectivity index (χ0v) is 10.1. The predicted octanol–water partition coefficient (Wildman–Crippen LogP) is 0.717. The van der Waals surface area contributed by atoms with E-state index in [0.717, 1.165) is 17.8 Å². The summed E-state index contributed by atoms with van der Waals surface area (Å²) in [5.74, 6) is 0.417. The maximum Gasteiger partial charge on any atom is 0.165 e. The Bertz CT molecular complexity index is 583. The lowest BCUT2D eigenvalue weighted by Crippen LogP contribution is -2.20. The summed E-state index contributed by atoms with van der Waals surface area (Å²) in [6.45, 7) is 5.61. The molecule has 18 heavy (non-hydrogen) atoms. The van der Waals surface area contributed by atoms with Crippen molar-refractivity contribution in [1.29, 1.82) is 0 Å². The molecule has 3 N–H and O–H groups in total. The summed E-state index contributed by atoms with van der Waals surface area (Å²) in [7, 11) is 0. The Morgan fingerprint density at radius 2 is 2.28 bits per heavy atom. The second-order valence-corrected chi connectivity index (χ2v) is 4.71. The summed E-state index contributed by atoms with van der Waals surface area (Å²) in [5.41, 5.74) is 8.27. The van der Waals surface area contributed by atoms with Gasteiger partial charge in [-0.05, 0) is 18.4 Å². The number of rotatable bonds is 5. The van der Waals surface area contributed by atoms with Crippen molar-refractivity contribution in [3.63, 3.8) is 0 Å². The number of hydrogen-bond donors (Lipinski definition) is 2. The highest BCUT2D eigenvalue weighted by atomic mass is 15.1. The van der Waals surface area contributed by atoms with Crippen LogP contribution in [-0.4, -0.2) is 32.1 Å². The van der Waals surface area contributed by atoms with Gasteiger partial charge in [-0.25, -0.2) is 15.0 Å². The molecule has 0 spiro atoms. The predicted molar refractivity (Wildman–Crippen MR) is 69.9 cm³/mol. The lowest BCUT2D eigenvalue weighted by molar-refractivity contribution is 0.687. The van der Waals surface area contributed by atoms with Gasteiger partial charge in [-0.3, -0.25) is 0 Å². The number of fused-ring (bicyclic) bond motifs is 1. The first kappa shape index (κ1) is 11.2. The van der Waals surface area contributed by atoms with E-state index in [9.17, 15) is 0 Å². The van der Waals surface area contributed by atoms with Crippen molar-refractivity contribution in [2.75, 3.05) is 12.3 Å². The fraction of sp³-hybridized carbons (Fsp3) is 0.417. The van der Waals surface area contributed by atoms with Crippen molar-refractivity contribution < 1.29 is 0 Å². The van der Waals surface area contributed by atoms with Gasteiger partial charge in [-0.1, -0.05) is 6.58 Å². The van der Waals surface area contributed by atoms with Crippen LogP contribution < -0.4 is 11.1 Å². The molecule has 1 fully saturated rings.